The van der Waals surface area contributed by atoms with Gasteiger partial charge in [0, 0.05) is 18.1 Å². The normalized spacial score (nSPS) is 12.2. The maximum Gasteiger partial charge on any atom is 0.264 e. The van der Waals surface area contributed by atoms with Gasteiger partial charge in [0.15, 0.2) is 0 Å². The van der Waals surface area contributed by atoms with Crippen molar-refractivity contribution in [3.05, 3.63) is 94.8 Å². The van der Waals surface area contributed by atoms with E-state index in [2.05, 4.69) is 5.32 Å². The summed E-state index contributed by atoms with van der Waals surface area (Å²) in [7, 11) is -4.23. The minimum absolute atomic E-state index is 0.00600. The van der Waals surface area contributed by atoms with E-state index in [0.29, 0.717) is 23.6 Å². The van der Waals surface area contributed by atoms with Crippen LogP contribution in [0.5, 0.6) is 0 Å². The van der Waals surface area contributed by atoms with E-state index in [1.54, 1.807) is 43.3 Å². The Bertz CT molecular complexity index is 1410. The van der Waals surface area contributed by atoms with Crippen LogP contribution >= 0.6 is 11.6 Å². The summed E-state index contributed by atoms with van der Waals surface area (Å²) in [5, 5.41) is 3.30. The standard InChI is InChI=1S/C30H35ClFN3O4S/c1-5-28(30(37)33-18-21(2)3)34(19-23-8-6-7-9-27(23)31)29(36)20-35(25-14-12-24(32)13-15-25)40(38,39)26-16-10-22(4)11-17-26/h6-17,21,28H,5,18-20H2,1-4H3,(H,33,37)/t28-/m0/s1. The molecule has 0 aliphatic heterocycles. The lowest BCUT2D eigenvalue weighted by Gasteiger charge is -2.33. The van der Waals surface area contributed by atoms with Gasteiger partial charge in [-0.25, -0.2) is 12.8 Å². The molecule has 0 radical (unpaired) electrons. The zero-order valence-corrected chi connectivity index (χ0v) is 24.7. The molecule has 0 saturated carbocycles. The number of sulfonamides is 1. The van der Waals surface area contributed by atoms with Crippen molar-refractivity contribution in [2.45, 2.75) is 51.6 Å². The molecule has 0 bridgehead atoms. The van der Waals surface area contributed by atoms with Gasteiger partial charge in [0.1, 0.15) is 18.4 Å². The molecule has 0 aliphatic rings. The number of benzene rings is 3. The molecule has 3 rings (SSSR count). The third kappa shape index (κ3) is 7.82. The lowest BCUT2D eigenvalue weighted by Crippen LogP contribution is -2.52. The minimum Gasteiger partial charge on any atom is -0.354 e. The molecular weight excluding hydrogens is 553 g/mol. The molecule has 3 aromatic rings. The van der Waals surface area contributed by atoms with Crippen molar-refractivity contribution in [2.75, 3.05) is 17.4 Å². The fourth-order valence-electron chi connectivity index (χ4n) is 4.13. The van der Waals surface area contributed by atoms with E-state index in [-0.39, 0.29) is 29.0 Å². The lowest BCUT2D eigenvalue weighted by atomic mass is 10.1. The summed E-state index contributed by atoms with van der Waals surface area (Å²) in [6.07, 6.45) is 0.293. The van der Waals surface area contributed by atoms with Crippen molar-refractivity contribution in [3.8, 4) is 0 Å². The van der Waals surface area contributed by atoms with Crippen LogP contribution in [0, 0.1) is 18.7 Å². The summed E-state index contributed by atoms with van der Waals surface area (Å²) in [5.41, 5.74) is 1.60. The first kappa shape index (κ1) is 31.1. The molecule has 0 aromatic heterocycles. The summed E-state index contributed by atoms with van der Waals surface area (Å²) >= 11 is 6.40. The monoisotopic (exact) mass is 587 g/mol. The van der Waals surface area contributed by atoms with Crippen molar-refractivity contribution in [1.29, 1.82) is 0 Å². The van der Waals surface area contributed by atoms with E-state index in [0.717, 1.165) is 22.0 Å². The predicted molar refractivity (Wildman–Crippen MR) is 156 cm³/mol. The Labute approximate surface area is 241 Å². The van der Waals surface area contributed by atoms with Crippen LogP contribution < -0.4 is 9.62 Å². The van der Waals surface area contributed by atoms with Gasteiger partial charge >= 0.3 is 0 Å². The first-order chi connectivity index (χ1) is 18.9. The highest BCUT2D eigenvalue weighted by atomic mass is 35.5. The van der Waals surface area contributed by atoms with Crippen LogP contribution in [0.15, 0.2) is 77.7 Å². The molecule has 0 saturated heterocycles. The van der Waals surface area contributed by atoms with E-state index >= 15 is 0 Å². The first-order valence-electron chi connectivity index (χ1n) is 13.1. The Morgan fingerprint density at radius 3 is 2.17 bits per heavy atom. The number of hydrogen-bond acceptors (Lipinski definition) is 4. The van der Waals surface area contributed by atoms with Gasteiger partial charge in [-0.3, -0.25) is 13.9 Å². The number of halogens is 2. The summed E-state index contributed by atoms with van der Waals surface area (Å²) < 4.78 is 42.3. The number of amides is 2. The summed E-state index contributed by atoms with van der Waals surface area (Å²) in [5.74, 6) is -1.29. The average molecular weight is 588 g/mol. The molecule has 0 fully saturated rings. The highest BCUT2D eigenvalue weighted by Crippen LogP contribution is 2.26. The molecule has 0 heterocycles. The quantitative estimate of drug-likeness (QED) is 0.300. The van der Waals surface area contributed by atoms with Gasteiger partial charge in [-0.1, -0.05) is 68.3 Å². The van der Waals surface area contributed by atoms with Crippen LogP contribution in [0.3, 0.4) is 0 Å². The van der Waals surface area contributed by atoms with E-state index in [4.69, 9.17) is 11.6 Å². The summed E-state index contributed by atoms with van der Waals surface area (Å²) in [6, 6.07) is 17.2. The zero-order valence-electron chi connectivity index (χ0n) is 23.1. The van der Waals surface area contributed by atoms with E-state index in [1.165, 1.54) is 29.2 Å². The fraction of sp³-hybridized carbons (Fsp3) is 0.333. The number of carbonyl (C=O) groups is 2. The van der Waals surface area contributed by atoms with E-state index in [9.17, 15) is 22.4 Å². The molecule has 1 N–H and O–H groups in total. The highest BCUT2D eigenvalue weighted by molar-refractivity contribution is 7.92. The maximum atomic E-state index is 14.0. The summed E-state index contributed by atoms with van der Waals surface area (Å²) in [6.45, 7) is 7.35. The van der Waals surface area contributed by atoms with Gasteiger partial charge in [0.2, 0.25) is 11.8 Å². The lowest BCUT2D eigenvalue weighted by molar-refractivity contribution is -0.140. The van der Waals surface area contributed by atoms with Gasteiger partial charge in [-0.2, -0.15) is 0 Å². The number of nitrogens with one attached hydrogen (secondary N) is 1. The Kier molecular flexibility index (Phi) is 10.7. The molecule has 214 valence electrons. The van der Waals surface area contributed by atoms with Gasteiger partial charge in [-0.05, 0) is 67.3 Å². The molecule has 3 aromatic carbocycles. The number of rotatable bonds is 12. The van der Waals surface area contributed by atoms with Gasteiger partial charge in [-0.15, -0.1) is 0 Å². The molecular formula is C30H35ClFN3O4S. The topological polar surface area (TPSA) is 86.8 Å². The molecule has 10 heteroatoms. The number of aryl methyl sites for hydroxylation is 1. The second-order valence-electron chi connectivity index (χ2n) is 9.98. The SMILES string of the molecule is CC[C@@H](C(=O)NCC(C)C)N(Cc1ccccc1Cl)C(=O)CN(c1ccc(F)cc1)S(=O)(=O)c1ccc(C)cc1. The number of carbonyl (C=O) groups excluding carboxylic acids is 2. The smallest absolute Gasteiger partial charge is 0.264 e. The van der Waals surface area contributed by atoms with Crippen LogP contribution in [0.4, 0.5) is 10.1 Å². The number of nitrogens with zero attached hydrogens (tertiary/aromatic N) is 2. The second-order valence-corrected chi connectivity index (χ2v) is 12.2. The van der Waals surface area contributed by atoms with Gasteiger partial charge in [0.25, 0.3) is 10.0 Å². The van der Waals surface area contributed by atoms with Crippen LogP contribution in [0.1, 0.15) is 38.3 Å². The highest BCUT2D eigenvalue weighted by Gasteiger charge is 2.34. The van der Waals surface area contributed by atoms with Crippen molar-refractivity contribution >= 4 is 39.1 Å². The second kappa shape index (κ2) is 13.8. The van der Waals surface area contributed by atoms with Crippen molar-refractivity contribution in [1.82, 2.24) is 10.2 Å². The Morgan fingerprint density at radius 2 is 1.60 bits per heavy atom. The van der Waals surface area contributed by atoms with Crippen molar-refractivity contribution in [2.24, 2.45) is 5.92 Å². The van der Waals surface area contributed by atoms with Crippen LogP contribution in [0.25, 0.3) is 0 Å². The number of anilines is 1. The van der Waals surface area contributed by atoms with Crippen LogP contribution in [-0.2, 0) is 26.2 Å². The molecule has 0 spiro atoms. The van der Waals surface area contributed by atoms with Gasteiger partial charge in [0.05, 0.1) is 10.6 Å². The third-order valence-corrected chi connectivity index (χ3v) is 8.53. The van der Waals surface area contributed by atoms with E-state index in [1.807, 2.05) is 20.8 Å². The molecule has 1 atom stereocenters. The van der Waals surface area contributed by atoms with E-state index < -0.39 is 34.3 Å². The molecule has 7 nitrogen and oxygen atoms in total. The largest absolute Gasteiger partial charge is 0.354 e. The molecule has 2 amide bonds. The zero-order chi connectivity index (χ0) is 29.4. The Morgan fingerprint density at radius 1 is 0.975 bits per heavy atom. The van der Waals surface area contributed by atoms with Crippen LogP contribution in [0.2, 0.25) is 5.02 Å². The summed E-state index contributed by atoms with van der Waals surface area (Å²) in [4.78, 5) is 28.6. The Hall–Kier alpha value is -3.43. The fourth-order valence-corrected chi connectivity index (χ4v) is 5.74. The van der Waals surface area contributed by atoms with Crippen molar-refractivity contribution < 1.29 is 22.4 Å². The molecule has 40 heavy (non-hydrogen) atoms. The van der Waals surface area contributed by atoms with Gasteiger partial charge < -0.3 is 10.2 Å². The molecule has 0 unspecified atom stereocenters. The first-order valence-corrected chi connectivity index (χ1v) is 14.9. The molecule has 0 aliphatic carbocycles. The number of hydrogen-bond donors (Lipinski definition) is 1. The maximum absolute atomic E-state index is 14.0. The Balaban J connectivity index is 2.05. The third-order valence-electron chi connectivity index (χ3n) is 6.37. The minimum atomic E-state index is -4.23. The van der Waals surface area contributed by atoms with Crippen LogP contribution in [-0.4, -0.2) is 44.3 Å². The predicted octanol–water partition coefficient (Wildman–Crippen LogP) is 5.56. The average Bonchev–Trinajstić information content (AvgIpc) is 2.92. The van der Waals surface area contributed by atoms with Crippen molar-refractivity contribution in [3.63, 3.8) is 0 Å².